The van der Waals surface area contributed by atoms with Crippen LogP contribution >= 0.6 is 12.6 Å². The van der Waals surface area contributed by atoms with Gasteiger partial charge >= 0.3 is 0 Å². The molecule has 0 radical (unpaired) electrons. The Balaban J connectivity index is 1.45. The van der Waals surface area contributed by atoms with E-state index in [0.29, 0.717) is 29.1 Å². The summed E-state index contributed by atoms with van der Waals surface area (Å²) in [6, 6.07) is 10.5. The van der Waals surface area contributed by atoms with Crippen LogP contribution in [0.4, 0.5) is 17.1 Å². The first-order valence-corrected chi connectivity index (χ1v) is 16.9. The van der Waals surface area contributed by atoms with Crippen LogP contribution in [0, 0.1) is 6.92 Å². The summed E-state index contributed by atoms with van der Waals surface area (Å²) >= 11 is 4.92. The summed E-state index contributed by atoms with van der Waals surface area (Å²) in [5.41, 5.74) is 14.7. The zero-order valence-electron chi connectivity index (χ0n) is 26.1. The molecular weight excluding hydrogens is 583 g/mol. The lowest BCUT2D eigenvalue weighted by atomic mass is 9.86. The van der Waals surface area contributed by atoms with Gasteiger partial charge < -0.3 is 15.5 Å². The van der Waals surface area contributed by atoms with Crippen molar-refractivity contribution in [2.75, 3.05) is 28.4 Å². The Kier molecular flexibility index (Phi) is 8.40. The van der Waals surface area contributed by atoms with E-state index < -0.39 is 15.4 Å². The number of aromatic nitrogens is 2. The normalized spacial score (nSPS) is 16.2. The number of hydrazine groups is 2. The fourth-order valence-corrected chi connectivity index (χ4v) is 6.15. The molecule has 2 aliphatic rings. The minimum absolute atomic E-state index is 0.233. The van der Waals surface area contributed by atoms with Crippen LogP contribution in [0.3, 0.4) is 0 Å². The summed E-state index contributed by atoms with van der Waals surface area (Å²) in [6.45, 7) is 12.7. The summed E-state index contributed by atoms with van der Waals surface area (Å²) < 4.78 is 34.8. The maximum absolute atomic E-state index is 12.2. The van der Waals surface area contributed by atoms with Gasteiger partial charge in [-0.25, -0.2) is 8.42 Å². The van der Waals surface area contributed by atoms with Crippen molar-refractivity contribution in [3.8, 4) is 5.75 Å². The lowest BCUT2D eigenvalue weighted by Crippen LogP contribution is -2.36. The van der Waals surface area contributed by atoms with E-state index >= 15 is 0 Å². The minimum atomic E-state index is -3.53. The van der Waals surface area contributed by atoms with E-state index in [1.165, 1.54) is 25.6 Å². The third-order valence-corrected chi connectivity index (χ3v) is 8.71. The van der Waals surface area contributed by atoms with Crippen LogP contribution < -0.4 is 30.7 Å². The first-order valence-electron chi connectivity index (χ1n) is 14.5. The monoisotopic (exact) mass is 625 g/mol. The summed E-state index contributed by atoms with van der Waals surface area (Å²) in [5.74, 6) is 0.744. The molecular formula is C31H43N7O3S2. The number of nitrogens with zero attached hydrogens (tertiary/aromatic N) is 3. The number of anilines is 3. The topological polar surface area (TPSA) is 113 Å². The van der Waals surface area contributed by atoms with Gasteiger partial charge in [0.1, 0.15) is 0 Å². The Hall–Kier alpha value is -3.35. The number of ether oxygens (including phenoxy) is 1. The van der Waals surface area contributed by atoms with E-state index in [2.05, 4.69) is 85.6 Å². The number of hydrogen-bond acceptors (Lipinski definition) is 9. The van der Waals surface area contributed by atoms with Crippen LogP contribution in [-0.4, -0.2) is 31.6 Å². The molecule has 10 nitrogen and oxygen atoms in total. The second-order valence-corrected chi connectivity index (χ2v) is 15.0. The van der Waals surface area contributed by atoms with Crippen molar-refractivity contribution in [2.45, 2.75) is 77.1 Å². The average molecular weight is 626 g/mol. The highest BCUT2D eigenvalue weighted by Crippen LogP contribution is 2.42. The number of thiol groups is 1. The zero-order valence-corrected chi connectivity index (χ0v) is 27.8. The Bertz CT molecular complexity index is 1650. The van der Waals surface area contributed by atoms with E-state index in [9.17, 15) is 8.42 Å². The highest BCUT2D eigenvalue weighted by molar-refractivity contribution is 7.92. The average Bonchev–Trinajstić information content (AvgIpc) is 3.46. The van der Waals surface area contributed by atoms with Gasteiger partial charge in [0.15, 0.2) is 5.75 Å². The number of aryl methyl sites for hydroxylation is 1. The van der Waals surface area contributed by atoms with Gasteiger partial charge in [-0.05, 0) is 66.0 Å². The van der Waals surface area contributed by atoms with Crippen molar-refractivity contribution < 1.29 is 13.2 Å². The first-order chi connectivity index (χ1) is 20.2. The molecule has 0 bridgehead atoms. The van der Waals surface area contributed by atoms with Crippen LogP contribution in [0.5, 0.6) is 5.75 Å². The Morgan fingerprint density at radius 1 is 1.14 bits per heavy atom. The predicted molar refractivity (Wildman–Crippen MR) is 178 cm³/mol. The zero-order chi connectivity index (χ0) is 31.3. The molecule has 1 aliphatic heterocycles. The fourth-order valence-electron chi connectivity index (χ4n) is 5.30. The molecule has 12 heteroatoms. The van der Waals surface area contributed by atoms with Crippen LogP contribution in [0.15, 0.2) is 42.7 Å². The molecule has 0 saturated heterocycles. The molecule has 3 aromatic rings. The Morgan fingerprint density at radius 2 is 1.84 bits per heavy atom. The van der Waals surface area contributed by atoms with Gasteiger partial charge in [0.05, 0.1) is 59.4 Å². The van der Waals surface area contributed by atoms with Gasteiger partial charge in [-0.1, -0.05) is 46.8 Å². The van der Waals surface area contributed by atoms with E-state index in [4.69, 9.17) is 22.5 Å². The van der Waals surface area contributed by atoms with Crippen LogP contribution in [0.25, 0.3) is 5.70 Å². The van der Waals surface area contributed by atoms with Crippen LogP contribution in [0.1, 0.15) is 92.7 Å². The lowest BCUT2D eigenvalue weighted by molar-refractivity contribution is 0.418. The van der Waals surface area contributed by atoms with Gasteiger partial charge in [0, 0.05) is 11.8 Å². The van der Waals surface area contributed by atoms with Crippen molar-refractivity contribution in [1.82, 2.24) is 20.7 Å². The van der Waals surface area contributed by atoms with E-state index in [1.807, 2.05) is 29.4 Å². The molecule has 2 aromatic carbocycles. The van der Waals surface area contributed by atoms with Gasteiger partial charge in [-0.15, -0.1) is 18.2 Å². The first kappa shape index (κ1) is 31.1. The number of hydrogen-bond donors (Lipinski definition) is 5. The SMILES string of the molecule is COc1c(NC(S)c2ccc(C)c(N3C=C(c4cnn(C5CC5)c4C(C)C)NN3)c2)cc(C(C)(C)C)cc1NS(C)(=O)=O. The predicted octanol–water partition coefficient (Wildman–Crippen LogP) is 6.20. The number of benzene rings is 2. The standard InChI is InChI=1S/C31H43N7O3S2/c1-18(2)28-23(16-32-38(28)22-11-12-22)26-17-37(36-34-26)27-13-20(10-9-19(27)3)30(42)33-24-14-21(31(4,5)6)15-25(29(24)41-7)35-43(8,39)40/h9-10,13-18,22,30,33-36,42H,11-12H2,1-8H3. The minimum Gasteiger partial charge on any atom is -0.492 e. The number of rotatable bonds is 10. The van der Waals surface area contributed by atoms with Crippen LogP contribution in [0.2, 0.25) is 0 Å². The lowest BCUT2D eigenvalue weighted by Gasteiger charge is -2.26. The number of methoxy groups -OCH3 is 1. The molecule has 1 saturated carbocycles. The smallest absolute Gasteiger partial charge is 0.229 e. The van der Waals surface area contributed by atoms with E-state index in [-0.39, 0.29) is 5.41 Å². The summed E-state index contributed by atoms with van der Waals surface area (Å²) in [5, 5.41) is 9.73. The molecule has 1 atom stereocenters. The molecule has 1 aliphatic carbocycles. The third kappa shape index (κ3) is 6.76. The molecule has 1 aromatic heterocycles. The number of sulfonamides is 1. The highest BCUT2D eigenvalue weighted by Gasteiger charge is 2.31. The number of nitrogens with one attached hydrogen (secondary N) is 4. The third-order valence-electron chi connectivity index (χ3n) is 7.69. The van der Waals surface area contributed by atoms with Crippen molar-refractivity contribution >= 4 is 45.4 Å². The van der Waals surface area contributed by atoms with E-state index in [1.54, 1.807) is 0 Å². The maximum atomic E-state index is 12.2. The van der Waals surface area contributed by atoms with E-state index in [0.717, 1.165) is 39.9 Å². The Labute approximate surface area is 260 Å². The van der Waals surface area contributed by atoms with Gasteiger partial charge in [0.25, 0.3) is 0 Å². The molecule has 43 heavy (non-hydrogen) atoms. The Morgan fingerprint density at radius 3 is 2.44 bits per heavy atom. The van der Waals surface area contributed by atoms with Crippen molar-refractivity contribution in [3.63, 3.8) is 0 Å². The fraction of sp³-hybridized carbons (Fsp3) is 0.452. The maximum Gasteiger partial charge on any atom is 0.229 e. The van der Waals surface area contributed by atoms with Gasteiger partial charge in [-0.2, -0.15) is 5.10 Å². The molecule has 1 fully saturated rings. The molecule has 232 valence electrons. The largest absolute Gasteiger partial charge is 0.492 e. The quantitative estimate of drug-likeness (QED) is 0.134. The molecule has 0 amide bonds. The molecule has 4 N–H and O–H groups in total. The summed E-state index contributed by atoms with van der Waals surface area (Å²) in [7, 11) is -2.00. The second kappa shape index (κ2) is 11.6. The molecule has 2 heterocycles. The van der Waals surface area contributed by atoms with Crippen molar-refractivity contribution in [1.29, 1.82) is 0 Å². The molecule has 5 rings (SSSR count). The molecule has 1 unspecified atom stereocenters. The van der Waals surface area contributed by atoms with Crippen molar-refractivity contribution in [2.24, 2.45) is 0 Å². The van der Waals surface area contributed by atoms with Crippen molar-refractivity contribution in [3.05, 3.63) is 70.7 Å². The van der Waals surface area contributed by atoms with Gasteiger partial charge in [0.2, 0.25) is 10.0 Å². The van der Waals surface area contributed by atoms with Crippen LogP contribution in [-0.2, 0) is 15.4 Å². The summed E-state index contributed by atoms with van der Waals surface area (Å²) in [4.78, 5) is 0. The highest BCUT2D eigenvalue weighted by atomic mass is 32.2. The molecule has 0 spiro atoms. The summed E-state index contributed by atoms with van der Waals surface area (Å²) in [6.07, 6.45) is 7.52. The second-order valence-electron chi connectivity index (χ2n) is 12.7. The van der Waals surface area contributed by atoms with Gasteiger partial charge in [-0.3, -0.25) is 14.4 Å².